The first-order valence-electron chi connectivity index (χ1n) is 7.58. The van der Waals surface area contributed by atoms with Gasteiger partial charge in [-0.25, -0.2) is 0 Å². The van der Waals surface area contributed by atoms with Crippen molar-refractivity contribution >= 4 is 11.9 Å². The molecular weight excluding hydrogens is 242 g/mol. The van der Waals surface area contributed by atoms with Crippen molar-refractivity contribution < 1.29 is 14.7 Å². The van der Waals surface area contributed by atoms with E-state index in [1.807, 2.05) is 4.90 Å². The van der Waals surface area contributed by atoms with Crippen molar-refractivity contribution in [3.63, 3.8) is 0 Å². The van der Waals surface area contributed by atoms with Gasteiger partial charge in [0.05, 0.1) is 0 Å². The Kier molecular flexibility index (Phi) is 4.83. The number of carbonyl (C=O) groups is 2. The molecule has 1 amide bonds. The first-order valence-corrected chi connectivity index (χ1v) is 7.58. The van der Waals surface area contributed by atoms with Crippen LogP contribution in [0.4, 0.5) is 0 Å². The third-order valence-electron chi connectivity index (χ3n) is 4.78. The van der Waals surface area contributed by atoms with Crippen LogP contribution >= 0.6 is 0 Å². The average molecular weight is 267 g/mol. The maximum absolute atomic E-state index is 12.5. The molecule has 3 atom stereocenters. The summed E-state index contributed by atoms with van der Waals surface area (Å²) in [5, 5.41) is 8.75. The van der Waals surface area contributed by atoms with Crippen LogP contribution in [-0.2, 0) is 9.59 Å². The van der Waals surface area contributed by atoms with Crippen LogP contribution in [-0.4, -0.2) is 35.0 Å². The van der Waals surface area contributed by atoms with E-state index in [2.05, 4.69) is 6.92 Å². The lowest BCUT2D eigenvalue weighted by Gasteiger charge is -2.35. The largest absolute Gasteiger partial charge is 0.481 e. The normalized spacial score (nSPS) is 31.4. The zero-order valence-electron chi connectivity index (χ0n) is 11.8. The number of carbonyl (C=O) groups excluding carboxylic acids is 1. The number of carboxylic acid groups (broad SMARTS) is 1. The molecule has 0 bridgehead atoms. The van der Waals surface area contributed by atoms with Gasteiger partial charge in [0.15, 0.2) is 0 Å². The quantitative estimate of drug-likeness (QED) is 0.851. The summed E-state index contributed by atoms with van der Waals surface area (Å²) in [5.74, 6) is 0.716. The Balaban J connectivity index is 1.86. The topological polar surface area (TPSA) is 57.6 Å². The van der Waals surface area contributed by atoms with Gasteiger partial charge < -0.3 is 10.0 Å². The molecule has 2 fully saturated rings. The highest BCUT2D eigenvalue weighted by atomic mass is 16.4. The lowest BCUT2D eigenvalue weighted by Crippen LogP contribution is -2.43. The Bertz CT molecular complexity index is 342. The van der Waals surface area contributed by atoms with Crippen molar-refractivity contribution in [3.8, 4) is 0 Å². The van der Waals surface area contributed by atoms with Crippen molar-refractivity contribution in [2.24, 2.45) is 17.8 Å². The van der Waals surface area contributed by atoms with E-state index < -0.39 is 5.97 Å². The second-order valence-electron chi connectivity index (χ2n) is 6.24. The minimum Gasteiger partial charge on any atom is -0.481 e. The van der Waals surface area contributed by atoms with Crippen LogP contribution in [0, 0.1) is 17.8 Å². The molecule has 0 spiro atoms. The molecule has 1 aliphatic carbocycles. The molecule has 3 unspecified atom stereocenters. The van der Waals surface area contributed by atoms with Gasteiger partial charge in [0, 0.05) is 25.4 Å². The zero-order chi connectivity index (χ0) is 13.8. The Morgan fingerprint density at radius 1 is 1.21 bits per heavy atom. The summed E-state index contributed by atoms with van der Waals surface area (Å²) in [7, 11) is 0. The van der Waals surface area contributed by atoms with Crippen molar-refractivity contribution in [1.29, 1.82) is 0 Å². The van der Waals surface area contributed by atoms with Crippen LogP contribution < -0.4 is 0 Å². The average Bonchev–Trinajstić information content (AvgIpc) is 2.82. The predicted octanol–water partition coefficient (Wildman–Crippen LogP) is 2.53. The van der Waals surface area contributed by atoms with Crippen LogP contribution in [0.3, 0.4) is 0 Å². The van der Waals surface area contributed by atoms with Gasteiger partial charge in [-0.2, -0.15) is 0 Å². The molecule has 2 rings (SSSR count). The predicted molar refractivity (Wildman–Crippen MR) is 72.7 cm³/mol. The lowest BCUT2D eigenvalue weighted by molar-refractivity contribution is -0.138. The fourth-order valence-electron chi connectivity index (χ4n) is 3.58. The van der Waals surface area contributed by atoms with Crippen LogP contribution in [0.15, 0.2) is 0 Å². The van der Waals surface area contributed by atoms with Crippen LogP contribution in [0.25, 0.3) is 0 Å². The number of hydrogen-bond acceptors (Lipinski definition) is 2. The lowest BCUT2D eigenvalue weighted by atomic mass is 9.90. The number of piperidine rings is 1. The Morgan fingerprint density at radius 3 is 2.63 bits per heavy atom. The standard InChI is InChI=1S/C15H25NO3/c1-11-4-2-6-13(11)15(19)16-9-3-5-12(10-16)7-8-14(17)18/h11-13H,2-10H2,1H3,(H,17,18). The van der Waals surface area contributed by atoms with Gasteiger partial charge >= 0.3 is 5.97 Å². The van der Waals surface area contributed by atoms with Gasteiger partial charge in [-0.15, -0.1) is 0 Å². The molecule has 0 aromatic carbocycles. The van der Waals surface area contributed by atoms with E-state index >= 15 is 0 Å². The summed E-state index contributed by atoms with van der Waals surface area (Å²) in [4.78, 5) is 25.1. The minimum absolute atomic E-state index is 0.221. The maximum atomic E-state index is 12.5. The molecule has 19 heavy (non-hydrogen) atoms. The number of aliphatic carboxylic acids is 1. The van der Waals surface area contributed by atoms with E-state index in [1.165, 1.54) is 12.8 Å². The third kappa shape index (κ3) is 3.71. The third-order valence-corrected chi connectivity index (χ3v) is 4.78. The number of amides is 1. The second kappa shape index (κ2) is 6.40. The van der Waals surface area contributed by atoms with Gasteiger partial charge in [0.25, 0.3) is 0 Å². The van der Waals surface area contributed by atoms with Crippen LogP contribution in [0.1, 0.15) is 51.9 Å². The molecule has 1 N–H and O–H groups in total. The molecule has 2 aliphatic rings. The van der Waals surface area contributed by atoms with E-state index in [4.69, 9.17) is 5.11 Å². The molecule has 4 heteroatoms. The number of likely N-dealkylation sites (tertiary alicyclic amines) is 1. The molecule has 1 heterocycles. The first kappa shape index (κ1) is 14.4. The Hall–Kier alpha value is -1.06. The highest BCUT2D eigenvalue weighted by molar-refractivity contribution is 5.79. The van der Waals surface area contributed by atoms with Crippen LogP contribution in [0.2, 0.25) is 0 Å². The summed E-state index contributed by atoms with van der Waals surface area (Å²) in [6, 6.07) is 0. The number of carboxylic acids is 1. The number of nitrogens with zero attached hydrogens (tertiary/aromatic N) is 1. The van der Waals surface area contributed by atoms with E-state index in [0.29, 0.717) is 24.2 Å². The van der Waals surface area contributed by atoms with Gasteiger partial charge in [0.1, 0.15) is 0 Å². The molecule has 1 saturated heterocycles. The monoisotopic (exact) mass is 267 g/mol. The maximum Gasteiger partial charge on any atom is 0.303 e. The van der Waals surface area contributed by atoms with E-state index in [1.54, 1.807) is 0 Å². The summed E-state index contributed by atoms with van der Waals surface area (Å²) < 4.78 is 0. The summed E-state index contributed by atoms with van der Waals surface area (Å²) >= 11 is 0. The molecule has 0 aromatic heterocycles. The Morgan fingerprint density at radius 2 is 2.00 bits per heavy atom. The molecule has 108 valence electrons. The second-order valence-corrected chi connectivity index (χ2v) is 6.24. The summed E-state index contributed by atoms with van der Waals surface area (Å²) in [6.45, 7) is 3.82. The number of hydrogen-bond donors (Lipinski definition) is 1. The van der Waals surface area contributed by atoms with E-state index in [9.17, 15) is 9.59 Å². The minimum atomic E-state index is -0.729. The van der Waals surface area contributed by atoms with Crippen molar-refractivity contribution in [1.82, 2.24) is 4.90 Å². The van der Waals surface area contributed by atoms with Gasteiger partial charge in [-0.3, -0.25) is 9.59 Å². The summed E-state index contributed by atoms with van der Waals surface area (Å²) in [5.41, 5.74) is 0. The van der Waals surface area contributed by atoms with E-state index in [0.717, 1.165) is 32.4 Å². The van der Waals surface area contributed by atoms with Gasteiger partial charge in [-0.05, 0) is 43.9 Å². The van der Waals surface area contributed by atoms with Crippen LogP contribution in [0.5, 0.6) is 0 Å². The highest BCUT2D eigenvalue weighted by Gasteiger charge is 2.34. The number of rotatable bonds is 4. The highest BCUT2D eigenvalue weighted by Crippen LogP contribution is 2.34. The van der Waals surface area contributed by atoms with Crippen molar-refractivity contribution in [2.45, 2.75) is 51.9 Å². The van der Waals surface area contributed by atoms with Gasteiger partial charge in [-0.1, -0.05) is 13.3 Å². The zero-order valence-corrected chi connectivity index (χ0v) is 11.8. The smallest absolute Gasteiger partial charge is 0.303 e. The van der Waals surface area contributed by atoms with Gasteiger partial charge in [0.2, 0.25) is 5.91 Å². The molecular formula is C15H25NO3. The molecule has 1 aliphatic heterocycles. The molecule has 0 aromatic rings. The molecule has 1 saturated carbocycles. The first-order chi connectivity index (χ1) is 9.08. The molecule has 4 nitrogen and oxygen atoms in total. The fourth-order valence-corrected chi connectivity index (χ4v) is 3.58. The summed E-state index contributed by atoms with van der Waals surface area (Å²) in [6.07, 6.45) is 6.41. The fraction of sp³-hybridized carbons (Fsp3) is 0.867. The SMILES string of the molecule is CC1CCCC1C(=O)N1CCCC(CCC(=O)O)C1. The van der Waals surface area contributed by atoms with Crippen molar-refractivity contribution in [2.75, 3.05) is 13.1 Å². The Labute approximate surface area is 115 Å². The van der Waals surface area contributed by atoms with E-state index in [-0.39, 0.29) is 12.3 Å². The van der Waals surface area contributed by atoms with Crippen molar-refractivity contribution in [3.05, 3.63) is 0 Å². The molecule has 0 radical (unpaired) electrons.